The van der Waals surface area contributed by atoms with Gasteiger partial charge in [-0.1, -0.05) is 56.3 Å². The largest absolute Gasteiger partial charge is 0.354 e. The lowest BCUT2D eigenvalue weighted by molar-refractivity contribution is -0.121. The van der Waals surface area contributed by atoms with Crippen molar-refractivity contribution in [3.05, 3.63) is 71.5 Å². The number of rotatable bonds is 7. The minimum atomic E-state index is -0.250. The summed E-state index contributed by atoms with van der Waals surface area (Å²) in [6, 6.07) is 16.8. The molecule has 0 aliphatic carbocycles. The van der Waals surface area contributed by atoms with Gasteiger partial charge in [-0.25, -0.2) is 4.39 Å². The number of nitrogens with one attached hydrogen (secondary N) is 1. The molecule has 0 aliphatic heterocycles. The molecular weight excluding hydrogens is 301 g/mol. The summed E-state index contributed by atoms with van der Waals surface area (Å²) in [4.78, 5) is 12.1. The number of hydrogen-bond donors (Lipinski definition) is 1. The molecule has 0 saturated carbocycles. The Bertz CT molecular complexity index is 649. The molecule has 2 nitrogen and oxygen atoms in total. The van der Waals surface area contributed by atoms with Gasteiger partial charge in [-0.05, 0) is 48.4 Å². The van der Waals surface area contributed by atoms with Gasteiger partial charge in [0.15, 0.2) is 0 Å². The molecule has 2 aromatic carbocycles. The molecule has 2 rings (SSSR count). The fraction of sp³-hybridized carbons (Fsp3) is 0.381. The van der Waals surface area contributed by atoms with Crippen molar-refractivity contribution in [2.45, 2.75) is 51.5 Å². The van der Waals surface area contributed by atoms with E-state index >= 15 is 0 Å². The van der Waals surface area contributed by atoms with E-state index in [1.54, 1.807) is 12.1 Å². The van der Waals surface area contributed by atoms with E-state index < -0.39 is 0 Å². The van der Waals surface area contributed by atoms with Crippen molar-refractivity contribution in [2.24, 2.45) is 0 Å². The van der Waals surface area contributed by atoms with E-state index in [2.05, 4.69) is 31.3 Å². The van der Waals surface area contributed by atoms with Crippen LogP contribution in [0.1, 0.15) is 44.7 Å². The van der Waals surface area contributed by atoms with E-state index in [4.69, 9.17) is 0 Å². The van der Waals surface area contributed by atoms with Gasteiger partial charge >= 0.3 is 0 Å². The standard InChI is InChI=1S/C21H26FNO/c1-16(15-21(2,3)18-7-5-4-6-8-18)23-20(24)14-11-17-9-12-19(22)13-10-17/h4-10,12-13,16H,11,14-15H2,1-3H3,(H,23,24)/t16-/m0/s1. The van der Waals surface area contributed by atoms with Crippen molar-refractivity contribution < 1.29 is 9.18 Å². The lowest BCUT2D eigenvalue weighted by Gasteiger charge is -2.29. The van der Waals surface area contributed by atoms with Crippen molar-refractivity contribution in [3.8, 4) is 0 Å². The van der Waals surface area contributed by atoms with Crippen molar-refractivity contribution >= 4 is 5.91 Å². The second-order valence-electron chi connectivity index (χ2n) is 7.05. The van der Waals surface area contributed by atoms with E-state index in [-0.39, 0.29) is 23.2 Å². The number of benzene rings is 2. The first-order chi connectivity index (χ1) is 11.4. The molecule has 0 radical (unpaired) electrons. The summed E-state index contributed by atoms with van der Waals surface area (Å²) in [6.45, 7) is 6.44. The molecule has 24 heavy (non-hydrogen) atoms. The second-order valence-corrected chi connectivity index (χ2v) is 7.05. The van der Waals surface area contributed by atoms with Crippen LogP contribution in [0.5, 0.6) is 0 Å². The smallest absolute Gasteiger partial charge is 0.220 e. The Labute approximate surface area is 144 Å². The van der Waals surface area contributed by atoms with Crippen LogP contribution in [-0.4, -0.2) is 11.9 Å². The number of halogens is 1. The molecule has 0 bridgehead atoms. The average Bonchev–Trinajstić information content (AvgIpc) is 2.54. The van der Waals surface area contributed by atoms with Crippen molar-refractivity contribution in [1.82, 2.24) is 5.32 Å². The van der Waals surface area contributed by atoms with Gasteiger partial charge in [-0.15, -0.1) is 0 Å². The maximum absolute atomic E-state index is 12.9. The number of aryl methyl sites for hydroxylation is 1. The van der Waals surface area contributed by atoms with E-state index in [1.807, 2.05) is 25.1 Å². The molecule has 1 N–H and O–H groups in total. The Kier molecular flexibility index (Phi) is 6.13. The molecule has 0 aromatic heterocycles. The van der Waals surface area contributed by atoms with Crippen LogP contribution in [0.3, 0.4) is 0 Å². The molecule has 3 heteroatoms. The third-order valence-electron chi connectivity index (χ3n) is 4.33. The predicted molar refractivity (Wildman–Crippen MR) is 96.4 cm³/mol. The molecule has 1 atom stereocenters. The van der Waals surface area contributed by atoms with Gasteiger partial charge < -0.3 is 5.32 Å². The maximum Gasteiger partial charge on any atom is 0.220 e. The van der Waals surface area contributed by atoms with Crippen LogP contribution >= 0.6 is 0 Å². The van der Waals surface area contributed by atoms with Crippen molar-refractivity contribution in [2.75, 3.05) is 0 Å². The normalized spacial score (nSPS) is 12.7. The molecule has 0 spiro atoms. The zero-order valence-corrected chi connectivity index (χ0v) is 14.7. The highest BCUT2D eigenvalue weighted by atomic mass is 19.1. The van der Waals surface area contributed by atoms with Crippen LogP contribution in [0.15, 0.2) is 54.6 Å². The average molecular weight is 327 g/mol. The van der Waals surface area contributed by atoms with Crippen LogP contribution in [0.25, 0.3) is 0 Å². The fourth-order valence-corrected chi connectivity index (χ4v) is 3.08. The van der Waals surface area contributed by atoms with Gasteiger partial charge in [0.25, 0.3) is 0 Å². The Hall–Kier alpha value is -2.16. The van der Waals surface area contributed by atoms with E-state index in [9.17, 15) is 9.18 Å². The summed E-state index contributed by atoms with van der Waals surface area (Å²) in [6.07, 6.45) is 1.92. The molecule has 1 amide bonds. The molecule has 0 unspecified atom stereocenters. The van der Waals surface area contributed by atoms with Crippen LogP contribution in [0, 0.1) is 5.82 Å². The SMILES string of the molecule is C[C@@H](CC(C)(C)c1ccccc1)NC(=O)CCc1ccc(F)cc1. The molecule has 128 valence electrons. The molecule has 0 fully saturated rings. The van der Waals surface area contributed by atoms with Gasteiger partial charge in [0, 0.05) is 12.5 Å². The number of hydrogen-bond acceptors (Lipinski definition) is 1. The highest BCUT2D eigenvalue weighted by Gasteiger charge is 2.23. The summed E-state index contributed by atoms with van der Waals surface area (Å²) in [7, 11) is 0. The van der Waals surface area contributed by atoms with Crippen LogP contribution in [0.4, 0.5) is 4.39 Å². The molecular formula is C21H26FNO. The quantitative estimate of drug-likeness (QED) is 0.789. The first-order valence-electron chi connectivity index (χ1n) is 8.46. The lowest BCUT2D eigenvalue weighted by Crippen LogP contribution is -2.37. The summed E-state index contributed by atoms with van der Waals surface area (Å²) in [5.41, 5.74) is 2.26. The van der Waals surface area contributed by atoms with Gasteiger partial charge in [0.2, 0.25) is 5.91 Å². The van der Waals surface area contributed by atoms with Crippen molar-refractivity contribution in [1.29, 1.82) is 0 Å². The van der Waals surface area contributed by atoms with Crippen LogP contribution in [0.2, 0.25) is 0 Å². The predicted octanol–water partition coefficient (Wildman–Crippen LogP) is 4.63. The molecule has 0 heterocycles. The number of amides is 1. The van der Waals surface area contributed by atoms with Crippen molar-refractivity contribution in [3.63, 3.8) is 0 Å². The molecule has 0 saturated heterocycles. The Morgan fingerprint density at radius 2 is 1.71 bits per heavy atom. The zero-order valence-electron chi connectivity index (χ0n) is 14.7. The van der Waals surface area contributed by atoms with Gasteiger partial charge in [0.05, 0.1) is 0 Å². The fourth-order valence-electron chi connectivity index (χ4n) is 3.08. The first-order valence-corrected chi connectivity index (χ1v) is 8.46. The summed E-state index contributed by atoms with van der Waals surface area (Å²) < 4.78 is 12.9. The minimum Gasteiger partial charge on any atom is -0.354 e. The maximum atomic E-state index is 12.9. The van der Waals surface area contributed by atoms with Gasteiger partial charge in [0.1, 0.15) is 5.82 Å². The highest BCUT2D eigenvalue weighted by Crippen LogP contribution is 2.28. The molecule has 0 aliphatic rings. The minimum absolute atomic E-state index is 0.00487. The summed E-state index contributed by atoms with van der Waals surface area (Å²) >= 11 is 0. The van der Waals surface area contributed by atoms with E-state index in [0.29, 0.717) is 12.8 Å². The highest BCUT2D eigenvalue weighted by molar-refractivity contribution is 5.76. The van der Waals surface area contributed by atoms with E-state index in [0.717, 1.165) is 12.0 Å². The monoisotopic (exact) mass is 327 g/mol. The third-order valence-corrected chi connectivity index (χ3v) is 4.33. The van der Waals surface area contributed by atoms with Crippen LogP contribution in [-0.2, 0) is 16.6 Å². The Balaban J connectivity index is 1.82. The van der Waals surface area contributed by atoms with Gasteiger partial charge in [-0.3, -0.25) is 4.79 Å². The number of carbonyl (C=O) groups is 1. The topological polar surface area (TPSA) is 29.1 Å². The van der Waals surface area contributed by atoms with Crippen LogP contribution < -0.4 is 5.32 Å². The lowest BCUT2D eigenvalue weighted by atomic mass is 9.79. The second kappa shape index (κ2) is 8.09. The first kappa shape index (κ1) is 18.2. The number of carbonyl (C=O) groups excluding carboxylic acids is 1. The Morgan fingerprint density at radius 1 is 1.08 bits per heavy atom. The third kappa shape index (κ3) is 5.48. The zero-order chi connectivity index (χ0) is 17.6. The molecule has 2 aromatic rings. The van der Waals surface area contributed by atoms with Gasteiger partial charge in [-0.2, -0.15) is 0 Å². The Morgan fingerprint density at radius 3 is 2.33 bits per heavy atom. The van der Waals surface area contributed by atoms with E-state index in [1.165, 1.54) is 17.7 Å². The summed E-state index contributed by atoms with van der Waals surface area (Å²) in [5.74, 6) is -0.212. The summed E-state index contributed by atoms with van der Waals surface area (Å²) in [5, 5.41) is 3.07.